The predicted molar refractivity (Wildman–Crippen MR) is 97.7 cm³/mol. The van der Waals surface area contributed by atoms with E-state index in [4.69, 9.17) is 0 Å². The van der Waals surface area contributed by atoms with E-state index in [-0.39, 0.29) is 0 Å². The van der Waals surface area contributed by atoms with E-state index in [9.17, 15) is 0 Å². The molecule has 0 spiro atoms. The quantitative estimate of drug-likeness (QED) is 0.770. The zero-order valence-electron chi connectivity index (χ0n) is 13.9. The summed E-state index contributed by atoms with van der Waals surface area (Å²) in [6.45, 7) is 3.19. The van der Waals surface area contributed by atoms with Gasteiger partial charge in [0.2, 0.25) is 0 Å². The topological polar surface area (TPSA) is 31.9 Å². The van der Waals surface area contributed by atoms with Gasteiger partial charge in [-0.1, -0.05) is 60.7 Å². The number of hydrogen-bond donors (Lipinski definition) is 1. The number of hydrogen-bond acceptors (Lipinski definition) is 2. The van der Waals surface area contributed by atoms with Gasteiger partial charge in [-0.05, 0) is 43.0 Å². The fourth-order valence-corrected chi connectivity index (χ4v) is 3.57. The fraction of sp³-hybridized carbons (Fsp3) is 0.286. The molecule has 3 aromatic rings. The molecule has 24 heavy (non-hydrogen) atoms. The zero-order valence-corrected chi connectivity index (χ0v) is 13.9. The third-order valence-electron chi connectivity index (χ3n) is 4.95. The summed E-state index contributed by atoms with van der Waals surface area (Å²) in [6, 6.07) is 21.3. The van der Waals surface area contributed by atoms with Crippen LogP contribution in [0.15, 0.2) is 66.9 Å². The molecule has 1 aromatic heterocycles. The number of benzene rings is 2. The Kier molecular flexibility index (Phi) is 4.43. The highest BCUT2D eigenvalue weighted by Gasteiger charge is 2.21. The molecule has 122 valence electrons. The highest BCUT2D eigenvalue weighted by molar-refractivity contribution is 5.57. The predicted octanol–water partition coefficient (Wildman–Crippen LogP) is 4.46. The van der Waals surface area contributed by atoms with E-state index in [1.54, 1.807) is 0 Å². The average molecular weight is 317 g/mol. The Bertz CT molecular complexity index is 756. The highest BCUT2D eigenvalue weighted by atomic mass is 15.2. The molecule has 0 saturated carbocycles. The van der Waals surface area contributed by atoms with Gasteiger partial charge >= 0.3 is 0 Å². The lowest BCUT2D eigenvalue weighted by Crippen LogP contribution is -2.32. The van der Waals surface area contributed by atoms with Crippen LogP contribution in [0.25, 0.3) is 11.3 Å². The monoisotopic (exact) mass is 317 g/mol. The molecular weight excluding hydrogens is 294 g/mol. The fourth-order valence-electron chi connectivity index (χ4n) is 3.57. The molecule has 2 aromatic carbocycles. The van der Waals surface area contributed by atoms with Gasteiger partial charge in [0, 0.05) is 0 Å². The van der Waals surface area contributed by atoms with Crippen LogP contribution in [0.1, 0.15) is 30.1 Å². The van der Waals surface area contributed by atoms with Crippen molar-refractivity contribution in [3.63, 3.8) is 0 Å². The van der Waals surface area contributed by atoms with Crippen molar-refractivity contribution in [3.05, 3.63) is 78.2 Å². The molecule has 3 nitrogen and oxygen atoms in total. The van der Waals surface area contributed by atoms with Crippen molar-refractivity contribution in [3.8, 4) is 11.3 Å². The molecule has 1 saturated heterocycles. The number of likely N-dealkylation sites (tertiary alicyclic amines) is 1. The van der Waals surface area contributed by atoms with Gasteiger partial charge in [-0.3, -0.25) is 4.90 Å². The van der Waals surface area contributed by atoms with E-state index in [0.717, 1.165) is 31.2 Å². The number of imidazole rings is 1. The SMILES string of the molecule is c1ccc(-c2cnc(CN3CCC(c4ccccc4)CC3)[nH]2)cc1. The van der Waals surface area contributed by atoms with Gasteiger partial charge in [-0.2, -0.15) is 0 Å². The molecule has 3 heteroatoms. The smallest absolute Gasteiger partial charge is 0.120 e. The first-order chi connectivity index (χ1) is 11.9. The van der Waals surface area contributed by atoms with E-state index in [2.05, 4.69) is 69.5 Å². The summed E-state index contributed by atoms with van der Waals surface area (Å²) in [5, 5.41) is 0. The maximum Gasteiger partial charge on any atom is 0.120 e. The van der Waals surface area contributed by atoms with Gasteiger partial charge in [0.05, 0.1) is 18.4 Å². The van der Waals surface area contributed by atoms with E-state index < -0.39 is 0 Å². The Morgan fingerprint density at radius 3 is 2.29 bits per heavy atom. The lowest BCUT2D eigenvalue weighted by atomic mass is 9.89. The number of nitrogens with zero attached hydrogens (tertiary/aromatic N) is 2. The van der Waals surface area contributed by atoms with Gasteiger partial charge in [0.15, 0.2) is 0 Å². The van der Waals surface area contributed by atoms with E-state index >= 15 is 0 Å². The molecule has 0 aliphatic carbocycles. The molecule has 0 atom stereocenters. The van der Waals surface area contributed by atoms with E-state index in [1.165, 1.54) is 24.0 Å². The van der Waals surface area contributed by atoms with Gasteiger partial charge < -0.3 is 4.98 Å². The second-order valence-corrected chi connectivity index (χ2v) is 6.57. The van der Waals surface area contributed by atoms with Crippen molar-refractivity contribution in [1.82, 2.24) is 14.9 Å². The third-order valence-corrected chi connectivity index (χ3v) is 4.95. The second kappa shape index (κ2) is 7.02. The highest BCUT2D eigenvalue weighted by Crippen LogP contribution is 2.28. The van der Waals surface area contributed by atoms with Gasteiger partial charge in [-0.15, -0.1) is 0 Å². The first kappa shape index (κ1) is 15.2. The summed E-state index contributed by atoms with van der Waals surface area (Å²) in [7, 11) is 0. The molecule has 0 radical (unpaired) electrons. The van der Waals surface area contributed by atoms with Crippen LogP contribution in [0, 0.1) is 0 Å². The van der Waals surface area contributed by atoms with Crippen LogP contribution >= 0.6 is 0 Å². The summed E-state index contributed by atoms with van der Waals surface area (Å²) < 4.78 is 0. The van der Waals surface area contributed by atoms with Crippen LogP contribution in [-0.2, 0) is 6.54 Å². The van der Waals surface area contributed by atoms with Crippen molar-refractivity contribution in [1.29, 1.82) is 0 Å². The van der Waals surface area contributed by atoms with Crippen molar-refractivity contribution < 1.29 is 0 Å². The average Bonchev–Trinajstić information content (AvgIpc) is 3.12. The van der Waals surface area contributed by atoms with Crippen LogP contribution in [0.4, 0.5) is 0 Å². The first-order valence-electron chi connectivity index (χ1n) is 8.75. The zero-order chi connectivity index (χ0) is 16.2. The van der Waals surface area contributed by atoms with Gasteiger partial charge in [0.1, 0.15) is 5.82 Å². The molecule has 1 aliphatic rings. The van der Waals surface area contributed by atoms with Gasteiger partial charge in [-0.25, -0.2) is 4.98 Å². The van der Waals surface area contributed by atoms with Crippen LogP contribution in [0.2, 0.25) is 0 Å². The van der Waals surface area contributed by atoms with Crippen LogP contribution in [0.5, 0.6) is 0 Å². The molecule has 1 fully saturated rings. The van der Waals surface area contributed by atoms with Crippen molar-refractivity contribution >= 4 is 0 Å². The summed E-state index contributed by atoms with van der Waals surface area (Å²) >= 11 is 0. The van der Waals surface area contributed by atoms with Crippen LogP contribution < -0.4 is 0 Å². The summed E-state index contributed by atoms with van der Waals surface area (Å²) in [6.07, 6.45) is 4.41. The summed E-state index contributed by atoms with van der Waals surface area (Å²) in [5.41, 5.74) is 3.78. The molecule has 1 N–H and O–H groups in total. The second-order valence-electron chi connectivity index (χ2n) is 6.57. The van der Waals surface area contributed by atoms with Gasteiger partial charge in [0.25, 0.3) is 0 Å². The Morgan fingerprint density at radius 2 is 1.58 bits per heavy atom. The van der Waals surface area contributed by atoms with Crippen molar-refractivity contribution in [2.24, 2.45) is 0 Å². The molecule has 4 rings (SSSR count). The molecule has 2 heterocycles. The largest absolute Gasteiger partial charge is 0.341 e. The molecule has 0 amide bonds. The normalized spacial score (nSPS) is 16.3. The van der Waals surface area contributed by atoms with E-state index in [0.29, 0.717) is 5.92 Å². The third kappa shape index (κ3) is 3.41. The Balaban J connectivity index is 1.35. The lowest BCUT2D eigenvalue weighted by Gasteiger charge is -2.31. The number of rotatable bonds is 4. The first-order valence-corrected chi connectivity index (χ1v) is 8.75. The number of piperidine rings is 1. The van der Waals surface area contributed by atoms with E-state index in [1.807, 2.05) is 12.3 Å². The maximum absolute atomic E-state index is 4.57. The number of nitrogens with one attached hydrogen (secondary N) is 1. The van der Waals surface area contributed by atoms with Crippen molar-refractivity contribution in [2.45, 2.75) is 25.3 Å². The Labute approximate surface area is 143 Å². The Hall–Kier alpha value is -2.39. The minimum absolute atomic E-state index is 0.707. The van der Waals surface area contributed by atoms with Crippen molar-refractivity contribution in [2.75, 3.05) is 13.1 Å². The van der Waals surface area contributed by atoms with Crippen LogP contribution in [-0.4, -0.2) is 28.0 Å². The minimum atomic E-state index is 0.707. The molecule has 1 aliphatic heterocycles. The summed E-state index contributed by atoms with van der Waals surface area (Å²) in [5.74, 6) is 1.77. The lowest BCUT2D eigenvalue weighted by molar-refractivity contribution is 0.201. The summed E-state index contributed by atoms with van der Waals surface area (Å²) in [4.78, 5) is 10.5. The molecule has 0 bridgehead atoms. The number of aromatic amines is 1. The molecular formula is C21H23N3. The number of H-pyrrole nitrogens is 1. The minimum Gasteiger partial charge on any atom is -0.341 e. The van der Waals surface area contributed by atoms with Crippen LogP contribution in [0.3, 0.4) is 0 Å². The maximum atomic E-state index is 4.57. The Morgan fingerprint density at radius 1 is 0.917 bits per heavy atom. The number of aromatic nitrogens is 2. The standard InChI is InChI=1S/C21H23N3/c1-3-7-17(8-4-1)18-11-13-24(14-12-18)16-21-22-15-20(23-21)19-9-5-2-6-10-19/h1-10,15,18H,11-14,16H2,(H,22,23). The molecule has 0 unspecified atom stereocenters.